The molecule has 2 aromatic carbocycles. The maximum atomic E-state index is 8.78. The van der Waals surface area contributed by atoms with E-state index in [1.807, 2.05) is 31.2 Å². The lowest BCUT2D eigenvalue weighted by molar-refractivity contribution is 0.338. The van der Waals surface area contributed by atoms with E-state index >= 15 is 0 Å². The third kappa shape index (κ3) is 3.17. The van der Waals surface area contributed by atoms with E-state index in [0.717, 1.165) is 5.75 Å². The van der Waals surface area contributed by atoms with Gasteiger partial charge in [0.25, 0.3) is 0 Å². The van der Waals surface area contributed by atoms with Crippen LogP contribution in [0.4, 0.5) is 5.69 Å². The topological polar surface area (TPSA) is 68.3 Å². The highest BCUT2D eigenvalue weighted by atomic mass is 16.5. The van der Waals surface area contributed by atoms with Crippen LogP contribution in [0, 0.1) is 11.3 Å². The van der Waals surface area contributed by atoms with Crippen LogP contribution < -0.4 is 15.2 Å². The van der Waals surface area contributed by atoms with E-state index in [1.54, 1.807) is 24.3 Å². The Morgan fingerprint density at radius 3 is 2.63 bits per heavy atom. The van der Waals surface area contributed by atoms with Crippen molar-refractivity contribution in [3.8, 4) is 23.3 Å². The molecule has 2 N–H and O–H groups in total. The quantitative estimate of drug-likeness (QED) is 0.850. The van der Waals surface area contributed by atoms with Crippen molar-refractivity contribution in [2.45, 2.75) is 6.92 Å². The summed E-state index contributed by atoms with van der Waals surface area (Å²) in [7, 11) is 0. The van der Waals surface area contributed by atoms with E-state index in [-0.39, 0.29) is 0 Å². The molecular formula is C15H14N2O2. The predicted octanol–water partition coefficient (Wildman–Crippen LogP) is 3.33. The zero-order valence-electron chi connectivity index (χ0n) is 10.6. The van der Waals surface area contributed by atoms with E-state index in [0.29, 0.717) is 29.4 Å². The third-order valence-corrected chi connectivity index (χ3v) is 2.48. The SMILES string of the molecule is CCOc1cccc(Oc2ccc(C#N)cc2N)c1. The molecule has 0 aliphatic rings. The first-order chi connectivity index (χ1) is 9.22. The molecule has 0 heterocycles. The summed E-state index contributed by atoms with van der Waals surface area (Å²) in [5.74, 6) is 1.90. The number of anilines is 1. The fourth-order valence-corrected chi connectivity index (χ4v) is 1.63. The minimum Gasteiger partial charge on any atom is -0.494 e. The van der Waals surface area contributed by atoms with Gasteiger partial charge >= 0.3 is 0 Å². The van der Waals surface area contributed by atoms with E-state index < -0.39 is 0 Å². The Morgan fingerprint density at radius 1 is 1.16 bits per heavy atom. The predicted molar refractivity (Wildman–Crippen MR) is 73.3 cm³/mol. The maximum Gasteiger partial charge on any atom is 0.150 e. The minimum absolute atomic E-state index is 0.431. The molecule has 19 heavy (non-hydrogen) atoms. The first-order valence-corrected chi connectivity index (χ1v) is 5.93. The van der Waals surface area contributed by atoms with Gasteiger partial charge in [0, 0.05) is 6.07 Å². The van der Waals surface area contributed by atoms with Crippen molar-refractivity contribution in [3.63, 3.8) is 0 Å². The van der Waals surface area contributed by atoms with Gasteiger partial charge in [-0.1, -0.05) is 6.07 Å². The highest BCUT2D eigenvalue weighted by Crippen LogP contribution is 2.29. The van der Waals surface area contributed by atoms with Gasteiger partial charge in [0.1, 0.15) is 17.2 Å². The largest absolute Gasteiger partial charge is 0.494 e. The number of nitriles is 1. The van der Waals surface area contributed by atoms with Gasteiger partial charge in [0.05, 0.1) is 23.9 Å². The first kappa shape index (κ1) is 12.8. The molecule has 2 rings (SSSR count). The van der Waals surface area contributed by atoms with Gasteiger partial charge in [0.15, 0.2) is 0 Å². The summed E-state index contributed by atoms with van der Waals surface area (Å²) in [6, 6.07) is 14.3. The Labute approximate surface area is 112 Å². The number of ether oxygens (including phenoxy) is 2. The normalized spacial score (nSPS) is 9.68. The van der Waals surface area contributed by atoms with Crippen LogP contribution in [0.5, 0.6) is 17.2 Å². The highest BCUT2D eigenvalue weighted by Gasteiger charge is 2.04. The van der Waals surface area contributed by atoms with E-state index in [9.17, 15) is 0 Å². The van der Waals surface area contributed by atoms with Crippen molar-refractivity contribution in [1.29, 1.82) is 5.26 Å². The molecule has 0 aromatic heterocycles. The van der Waals surface area contributed by atoms with Crippen LogP contribution >= 0.6 is 0 Å². The van der Waals surface area contributed by atoms with Crippen molar-refractivity contribution >= 4 is 5.69 Å². The number of hydrogen-bond acceptors (Lipinski definition) is 4. The Hall–Kier alpha value is -2.67. The molecule has 0 aliphatic heterocycles. The van der Waals surface area contributed by atoms with Crippen molar-refractivity contribution in [2.75, 3.05) is 12.3 Å². The van der Waals surface area contributed by atoms with Gasteiger partial charge < -0.3 is 15.2 Å². The van der Waals surface area contributed by atoms with Crippen LogP contribution in [-0.4, -0.2) is 6.61 Å². The average Bonchev–Trinajstić information content (AvgIpc) is 2.42. The fourth-order valence-electron chi connectivity index (χ4n) is 1.63. The number of nitrogen functional groups attached to an aromatic ring is 1. The van der Waals surface area contributed by atoms with Crippen molar-refractivity contribution < 1.29 is 9.47 Å². The van der Waals surface area contributed by atoms with Gasteiger partial charge in [0.2, 0.25) is 0 Å². The molecule has 0 unspecified atom stereocenters. The maximum absolute atomic E-state index is 8.78. The number of nitrogens with two attached hydrogens (primary N) is 1. The van der Waals surface area contributed by atoms with Crippen molar-refractivity contribution in [1.82, 2.24) is 0 Å². The second kappa shape index (κ2) is 5.78. The lowest BCUT2D eigenvalue weighted by Crippen LogP contribution is -1.94. The lowest BCUT2D eigenvalue weighted by atomic mass is 10.2. The molecule has 0 amide bonds. The first-order valence-electron chi connectivity index (χ1n) is 5.93. The smallest absolute Gasteiger partial charge is 0.150 e. The third-order valence-electron chi connectivity index (χ3n) is 2.48. The number of rotatable bonds is 4. The lowest BCUT2D eigenvalue weighted by Gasteiger charge is -2.10. The molecular weight excluding hydrogens is 240 g/mol. The average molecular weight is 254 g/mol. The van der Waals surface area contributed by atoms with Crippen LogP contribution in [0.1, 0.15) is 12.5 Å². The summed E-state index contributed by atoms with van der Waals surface area (Å²) in [5.41, 5.74) is 6.77. The molecule has 2 aromatic rings. The fraction of sp³-hybridized carbons (Fsp3) is 0.133. The number of benzene rings is 2. The molecule has 0 atom stereocenters. The standard InChI is InChI=1S/C15H14N2O2/c1-2-18-12-4-3-5-13(9-12)19-15-7-6-11(10-16)8-14(15)17/h3-9H,2,17H2,1H3. The molecule has 0 spiro atoms. The zero-order valence-corrected chi connectivity index (χ0v) is 10.6. The molecule has 0 saturated heterocycles. The summed E-state index contributed by atoms with van der Waals surface area (Å²) in [4.78, 5) is 0. The minimum atomic E-state index is 0.431. The molecule has 0 saturated carbocycles. The molecule has 0 bridgehead atoms. The second-order valence-corrected chi connectivity index (χ2v) is 3.87. The highest BCUT2D eigenvalue weighted by molar-refractivity contribution is 5.58. The Bertz CT molecular complexity index is 618. The van der Waals surface area contributed by atoms with E-state index in [1.165, 1.54) is 0 Å². The van der Waals surface area contributed by atoms with Crippen molar-refractivity contribution in [3.05, 3.63) is 48.0 Å². The van der Waals surface area contributed by atoms with Gasteiger partial charge in [-0.25, -0.2) is 0 Å². The molecule has 4 nitrogen and oxygen atoms in total. The summed E-state index contributed by atoms with van der Waals surface area (Å²) in [6.45, 7) is 2.52. The summed E-state index contributed by atoms with van der Waals surface area (Å²) in [6.07, 6.45) is 0. The molecule has 0 fully saturated rings. The molecule has 96 valence electrons. The molecule has 4 heteroatoms. The summed E-state index contributed by atoms with van der Waals surface area (Å²) >= 11 is 0. The Kier molecular flexibility index (Phi) is 3.89. The van der Waals surface area contributed by atoms with Crippen LogP contribution in [0.25, 0.3) is 0 Å². The van der Waals surface area contributed by atoms with E-state index in [2.05, 4.69) is 0 Å². The van der Waals surface area contributed by atoms with E-state index in [4.69, 9.17) is 20.5 Å². The summed E-state index contributed by atoms with van der Waals surface area (Å²) < 4.78 is 11.1. The molecule has 0 aliphatic carbocycles. The Morgan fingerprint density at radius 2 is 1.95 bits per heavy atom. The van der Waals surface area contributed by atoms with Gasteiger partial charge in [-0.2, -0.15) is 5.26 Å². The number of nitrogens with zero attached hydrogens (tertiary/aromatic N) is 1. The zero-order chi connectivity index (χ0) is 13.7. The second-order valence-electron chi connectivity index (χ2n) is 3.87. The monoisotopic (exact) mass is 254 g/mol. The van der Waals surface area contributed by atoms with Crippen LogP contribution in [-0.2, 0) is 0 Å². The van der Waals surface area contributed by atoms with Gasteiger partial charge in [-0.15, -0.1) is 0 Å². The van der Waals surface area contributed by atoms with Crippen LogP contribution in [0.3, 0.4) is 0 Å². The van der Waals surface area contributed by atoms with Crippen LogP contribution in [0.2, 0.25) is 0 Å². The Balaban J connectivity index is 2.21. The molecule has 0 radical (unpaired) electrons. The number of hydrogen-bond donors (Lipinski definition) is 1. The van der Waals surface area contributed by atoms with Gasteiger partial charge in [-0.3, -0.25) is 0 Å². The summed E-state index contributed by atoms with van der Waals surface area (Å²) in [5, 5.41) is 8.78. The van der Waals surface area contributed by atoms with Gasteiger partial charge in [-0.05, 0) is 37.3 Å². The van der Waals surface area contributed by atoms with Crippen molar-refractivity contribution in [2.24, 2.45) is 0 Å². The van der Waals surface area contributed by atoms with Crippen LogP contribution in [0.15, 0.2) is 42.5 Å².